The number of rotatable bonds is 6. The number of nitrogens with zero attached hydrogens (tertiary/aromatic N) is 1. The van der Waals surface area contributed by atoms with Gasteiger partial charge < -0.3 is 20.9 Å². The highest BCUT2D eigenvalue weighted by molar-refractivity contribution is 6.30. The van der Waals surface area contributed by atoms with Crippen molar-refractivity contribution in [2.24, 2.45) is 0 Å². The predicted octanol–water partition coefficient (Wildman–Crippen LogP) is 2.95. The number of urea groups is 1. The number of carbonyl (C=O) groups excluding carboxylic acids is 3. The summed E-state index contributed by atoms with van der Waals surface area (Å²) in [6.45, 7) is 1.41. The Labute approximate surface area is 162 Å². The summed E-state index contributed by atoms with van der Waals surface area (Å²) in [5, 5.41) is 8.42. The van der Waals surface area contributed by atoms with Crippen molar-refractivity contribution in [1.29, 1.82) is 0 Å². The van der Waals surface area contributed by atoms with Gasteiger partial charge in [0.1, 0.15) is 6.04 Å². The van der Waals surface area contributed by atoms with Crippen molar-refractivity contribution in [3.63, 3.8) is 0 Å². The molecule has 2 aromatic rings. The second-order valence-electron chi connectivity index (χ2n) is 5.94. The number of amides is 4. The van der Waals surface area contributed by atoms with Crippen LogP contribution in [0.1, 0.15) is 6.92 Å². The van der Waals surface area contributed by atoms with Gasteiger partial charge >= 0.3 is 6.03 Å². The van der Waals surface area contributed by atoms with E-state index in [1.807, 2.05) is 6.07 Å². The Morgan fingerprint density at radius 1 is 0.963 bits per heavy atom. The zero-order valence-corrected chi connectivity index (χ0v) is 15.8. The summed E-state index contributed by atoms with van der Waals surface area (Å²) in [6, 6.07) is 14.2. The van der Waals surface area contributed by atoms with Crippen LogP contribution in [0.3, 0.4) is 0 Å². The third kappa shape index (κ3) is 6.63. The minimum Gasteiger partial charge on any atom is -0.335 e. The van der Waals surface area contributed by atoms with E-state index in [0.717, 1.165) is 0 Å². The maximum absolute atomic E-state index is 12.3. The van der Waals surface area contributed by atoms with Gasteiger partial charge in [0.05, 0.1) is 6.54 Å². The molecule has 2 aromatic carbocycles. The van der Waals surface area contributed by atoms with Crippen molar-refractivity contribution in [2.75, 3.05) is 24.2 Å². The van der Waals surface area contributed by atoms with Crippen molar-refractivity contribution in [3.05, 3.63) is 59.6 Å². The van der Waals surface area contributed by atoms with Crippen LogP contribution in [0.2, 0.25) is 5.02 Å². The lowest BCUT2D eigenvalue weighted by Crippen LogP contribution is -2.48. The largest absolute Gasteiger partial charge is 0.335 e. The molecule has 0 aliphatic heterocycles. The minimum atomic E-state index is -0.790. The third-order valence-corrected chi connectivity index (χ3v) is 3.89. The van der Waals surface area contributed by atoms with Gasteiger partial charge in [-0.3, -0.25) is 9.59 Å². The van der Waals surface area contributed by atoms with Crippen molar-refractivity contribution < 1.29 is 14.4 Å². The highest BCUT2D eigenvalue weighted by Crippen LogP contribution is 2.13. The fourth-order valence-electron chi connectivity index (χ4n) is 2.30. The smallest absolute Gasteiger partial charge is 0.319 e. The molecular formula is C19H21ClN4O3. The average Bonchev–Trinajstić information content (AvgIpc) is 2.63. The number of nitrogens with one attached hydrogen (secondary N) is 3. The first-order chi connectivity index (χ1) is 12.8. The number of para-hydroxylation sites is 1. The lowest BCUT2D eigenvalue weighted by molar-refractivity contribution is -0.134. The molecule has 0 spiro atoms. The maximum Gasteiger partial charge on any atom is 0.319 e. The van der Waals surface area contributed by atoms with Crippen LogP contribution in [0.25, 0.3) is 0 Å². The second-order valence-corrected chi connectivity index (χ2v) is 6.37. The summed E-state index contributed by atoms with van der Waals surface area (Å²) in [5.74, 6) is -0.737. The summed E-state index contributed by atoms with van der Waals surface area (Å²) in [7, 11) is 1.50. The first-order valence-electron chi connectivity index (χ1n) is 8.28. The normalized spacial score (nSPS) is 11.2. The van der Waals surface area contributed by atoms with Gasteiger partial charge in [-0.1, -0.05) is 29.8 Å². The Balaban J connectivity index is 1.81. The molecule has 2 rings (SSSR count). The minimum absolute atomic E-state index is 0.145. The monoisotopic (exact) mass is 388 g/mol. The van der Waals surface area contributed by atoms with E-state index in [2.05, 4.69) is 16.0 Å². The van der Waals surface area contributed by atoms with Gasteiger partial charge in [-0.25, -0.2) is 4.79 Å². The molecule has 0 fully saturated rings. The average molecular weight is 389 g/mol. The molecule has 7 nitrogen and oxygen atoms in total. The quantitative estimate of drug-likeness (QED) is 0.710. The molecule has 0 saturated heterocycles. The van der Waals surface area contributed by atoms with Crippen LogP contribution in [0.15, 0.2) is 54.6 Å². The fourth-order valence-corrected chi connectivity index (χ4v) is 2.43. The van der Waals surface area contributed by atoms with Gasteiger partial charge in [0.25, 0.3) is 0 Å². The van der Waals surface area contributed by atoms with Crippen molar-refractivity contribution in [2.45, 2.75) is 13.0 Å². The van der Waals surface area contributed by atoms with Gasteiger partial charge in [0, 0.05) is 23.4 Å². The molecule has 0 aromatic heterocycles. The van der Waals surface area contributed by atoms with Crippen LogP contribution in [0.4, 0.5) is 16.2 Å². The molecule has 4 amide bonds. The molecule has 8 heteroatoms. The summed E-state index contributed by atoms with van der Waals surface area (Å²) in [6.07, 6.45) is 0. The van der Waals surface area contributed by atoms with E-state index >= 15 is 0 Å². The molecule has 3 N–H and O–H groups in total. The third-order valence-electron chi connectivity index (χ3n) is 3.63. The van der Waals surface area contributed by atoms with Crippen LogP contribution in [0, 0.1) is 0 Å². The molecule has 0 saturated carbocycles. The van der Waals surface area contributed by atoms with Crippen molar-refractivity contribution >= 4 is 40.8 Å². The van der Waals surface area contributed by atoms with Crippen molar-refractivity contribution in [1.82, 2.24) is 10.2 Å². The Bertz CT molecular complexity index is 796. The van der Waals surface area contributed by atoms with Crippen LogP contribution in [-0.2, 0) is 9.59 Å². The molecular weight excluding hydrogens is 368 g/mol. The number of hydrogen-bond donors (Lipinski definition) is 3. The molecule has 0 aliphatic rings. The van der Waals surface area contributed by atoms with Crippen LogP contribution in [-0.4, -0.2) is 42.4 Å². The van der Waals surface area contributed by atoms with E-state index in [9.17, 15) is 14.4 Å². The highest BCUT2D eigenvalue weighted by Gasteiger charge is 2.21. The maximum atomic E-state index is 12.3. The molecule has 0 radical (unpaired) electrons. The Morgan fingerprint density at radius 3 is 2.19 bits per heavy atom. The molecule has 1 atom stereocenters. The van der Waals surface area contributed by atoms with Gasteiger partial charge in [-0.15, -0.1) is 0 Å². The van der Waals surface area contributed by atoms with E-state index in [4.69, 9.17) is 11.6 Å². The Morgan fingerprint density at radius 2 is 1.56 bits per heavy atom. The topological polar surface area (TPSA) is 90.5 Å². The lowest BCUT2D eigenvalue weighted by atomic mass is 10.3. The zero-order valence-electron chi connectivity index (χ0n) is 15.0. The van der Waals surface area contributed by atoms with Gasteiger partial charge in [-0.2, -0.15) is 0 Å². The number of carbonyl (C=O) groups is 3. The summed E-state index contributed by atoms with van der Waals surface area (Å²) >= 11 is 5.80. The van der Waals surface area contributed by atoms with Gasteiger partial charge in [0.2, 0.25) is 11.8 Å². The van der Waals surface area contributed by atoms with Gasteiger partial charge in [0.15, 0.2) is 0 Å². The van der Waals surface area contributed by atoms with Gasteiger partial charge in [-0.05, 0) is 43.3 Å². The van der Waals surface area contributed by atoms with E-state index < -0.39 is 12.1 Å². The number of hydrogen-bond acceptors (Lipinski definition) is 3. The summed E-state index contributed by atoms with van der Waals surface area (Å²) in [4.78, 5) is 37.6. The number of anilines is 2. The molecule has 0 heterocycles. The lowest BCUT2D eigenvalue weighted by Gasteiger charge is -2.22. The van der Waals surface area contributed by atoms with E-state index in [1.54, 1.807) is 55.5 Å². The van der Waals surface area contributed by atoms with Crippen LogP contribution in [0.5, 0.6) is 0 Å². The predicted molar refractivity (Wildman–Crippen MR) is 106 cm³/mol. The Kier molecular flexibility index (Phi) is 7.19. The summed E-state index contributed by atoms with van der Waals surface area (Å²) in [5.41, 5.74) is 1.20. The number of benzene rings is 2. The molecule has 27 heavy (non-hydrogen) atoms. The fraction of sp³-hybridized carbons (Fsp3) is 0.211. The first-order valence-corrected chi connectivity index (χ1v) is 8.66. The molecule has 0 bridgehead atoms. The van der Waals surface area contributed by atoms with Crippen LogP contribution < -0.4 is 16.0 Å². The molecule has 0 unspecified atom stereocenters. The SMILES string of the molecule is C[C@@H](NC(=O)Nc1ccccc1)C(=O)N(C)CC(=O)Nc1ccc(Cl)cc1. The zero-order chi connectivity index (χ0) is 19.8. The first kappa shape index (κ1) is 20.3. The highest BCUT2D eigenvalue weighted by atomic mass is 35.5. The Hall–Kier alpha value is -3.06. The van der Waals surface area contributed by atoms with E-state index in [1.165, 1.54) is 11.9 Å². The summed E-state index contributed by atoms with van der Waals surface area (Å²) < 4.78 is 0. The number of halogens is 1. The van der Waals surface area contributed by atoms with Crippen molar-refractivity contribution in [3.8, 4) is 0 Å². The van der Waals surface area contributed by atoms with E-state index in [0.29, 0.717) is 16.4 Å². The molecule has 0 aliphatic carbocycles. The van der Waals surface area contributed by atoms with E-state index in [-0.39, 0.29) is 18.4 Å². The second kappa shape index (κ2) is 9.59. The molecule has 142 valence electrons. The standard InChI is InChI=1S/C19H21ClN4O3/c1-13(21-19(27)23-15-6-4-3-5-7-15)18(26)24(2)12-17(25)22-16-10-8-14(20)9-11-16/h3-11,13H,12H2,1-2H3,(H,22,25)(H2,21,23,27)/t13-/m1/s1. The number of likely N-dealkylation sites (N-methyl/N-ethyl adjacent to an activating group) is 1. The van der Waals surface area contributed by atoms with Crippen LogP contribution >= 0.6 is 11.6 Å².